The summed E-state index contributed by atoms with van der Waals surface area (Å²) in [6.07, 6.45) is 3.84. The molecule has 1 unspecified atom stereocenters. The average Bonchev–Trinajstić information content (AvgIpc) is 2.98. The predicted molar refractivity (Wildman–Crippen MR) is 77.7 cm³/mol. The minimum atomic E-state index is 0.478. The summed E-state index contributed by atoms with van der Waals surface area (Å²) in [5.74, 6) is 0. The molecule has 2 aromatic heterocycles. The first-order valence-corrected chi connectivity index (χ1v) is 8.26. The van der Waals surface area contributed by atoms with E-state index in [0.29, 0.717) is 6.04 Å². The molecule has 5 heteroatoms. The van der Waals surface area contributed by atoms with Crippen molar-refractivity contribution in [2.75, 3.05) is 6.54 Å². The first-order chi connectivity index (χ1) is 8.33. The van der Waals surface area contributed by atoms with E-state index in [2.05, 4.69) is 38.8 Å². The Balaban J connectivity index is 1.82. The van der Waals surface area contributed by atoms with Crippen molar-refractivity contribution in [2.45, 2.75) is 25.3 Å². The van der Waals surface area contributed by atoms with Gasteiger partial charge in [0, 0.05) is 5.38 Å². The molecular weight excluding hydrogens is 316 g/mol. The van der Waals surface area contributed by atoms with Gasteiger partial charge in [-0.05, 0) is 47.4 Å². The van der Waals surface area contributed by atoms with Crippen molar-refractivity contribution in [3.63, 3.8) is 0 Å². The van der Waals surface area contributed by atoms with Crippen LogP contribution < -0.4 is 5.32 Å². The molecule has 3 rings (SSSR count). The molecule has 2 nitrogen and oxygen atoms in total. The number of halogens is 1. The standard InChI is InChI=1S/C12H13BrN2S2/c13-11-5-4-10(17-11)9-7-16-12(15-9)8-3-1-2-6-14-8/h4-5,7-8,14H,1-3,6H2. The Bertz CT molecular complexity index is 500. The molecule has 1 atom stereocenters. The highest BCUT2D eigenvalue weighted by molar-refractivity contribution is 9.11. The maximum atomic E-state index is 4.76. The van der Waals surface area contributed by atoms with Gasteiger partial charge in [-0.3, -0.25) is 0 Å². The molecule has 0 spiro atoms. The fourth-order valence-electron chi connectivity index (χ4n) is 2.08. The molecule has 2 aromatic rings. The first-order valence-electron chi connectivity index (χ1n) is 5.77. The molecule has 1 aliphatic heterocycles. The summed E-state index contributed by atoms with van der Waals surface area (Å²) < 4.78 is 1.16. The summed E-state index contributed by atoms with van der Waals surface area (Å²) in [7, 11) is 0. The van der Waals surface area contributed by atoms with Crippen molar-refractivity contribution in [3.8, 4) is 10.6 Å². The van der Waals surface area contributed by atoms with Gasteiger partial charge in [0.1, 0.15) is 5.01 Å². The Morgan fingerprint density at radius 2 is 2.29 bits per heavy atom. The lowest BCUT2D eigenvalue weighted by Crippen LogP contribution is -2.26. The van der Waals surface area contributed by atoms with Gasteiger partial charge in [-0.1, -0.05) is 6.42 Å². The number of hydrogen-bond acceptors (Lipinski definition) is 4. The first kappa shape index (κ1) is 11.8. The second kappa shape index (κ2) is 5.18. The minimum Gasteiger partial charge on any atom is -0.308 e. The molecule has 3 heterocycles. The van der Waals surface area contributed by atoms with Crippen LogP contribution in [0.25, 0.3) is 10.6 Å². The third kappa shape index (κ3) is 2.62. The van der Waals surface area contributed by atoms with E-state index in [1.54, 1.807) is 22.7 Å². The van der Waals surface area contributed by atoms with E-state index in [1.807, 2.05) is 0 Å². The van der Waals surface area contributed by atoms with E-state index in [9.17, 15) is 0 Å². The van der Waals surface area contributed by atoms with Crippen LogP contribution in [0.1, 0.15) is 30.3 Å². The Morgan fingerprint density at radius 1 is 1.35 bits per heavy atom. The lowest BCUT2D eigenvalue weighted by Gasteiger charge is -2.21. The van der Waals surface area contributed by atoms with E-state index >= 15 is 0 Å². The summed E-state index contributed by atoms with van der Waals surface area (Å²) in [5, 5.41) is 6.96. The highest BCUT2D eigenvalue weighted by Crippen LogP contribution is 2.34. The topological polar surface area (TPSA) is 24.9 Å². The number of hydrogen-bond donors (Lipinski definition) is 1. The molecule has 1 aliphatic rings. The normalized spacial score (nSPS) is 20.6. The van der Waals surface area contributed by atoms with E-state index in [1.165, 1.54) is 29.1 Å². The number of rotatable bonds is 2. The number of aromatic nitrogens is 1. The number of thiazole rings is 1. The summed E-state index contributed by atoms with van der Waals surface area (Å²) >= 11 is 7.01. The molecule has 90 valence electrons. The van der Waals surface area contributed by atoms with Gasteiger partial charge >= 0.3 is 0 Å². The van der Waals surface area contributed by atoms with Crippen molar-refractivity contribution in [1.82, 2.24) is 10.3 Å². The van der Waals surface area contributed by atoms with Gasteiger partial charge < -0.3 is 5.32 Å². The molecule has 0 aromatic carbocycles. The van der Waals surface area contributed by atoms with Gasteiger partial charge in [-0.15, -0.1) is 22.7 Å². The minimum absolute atomic E-state index is 0.478. The van der Waals surface area contributed by atoms with Crippen molar-refractivity contribution in [3.05, 3.63) is 26.3 Å². The second-order valence-corrected chi connectivity index (χ2v) is 7.53. The van der Waals surface area contributed by atoms with Gasteiger partial charge in [-0.25, -0.2) is 4.98 Å². The van der Waals surface area contributed by atoms with E-state index < -0.39 is 0 Å². The fourth-order valence-corrected chi connectivity index (χ4v) is 4.43. The Labute approximate surface area is 117 Å². The summed E-state index contributed by atoms with van der Waals surface area (Å²) in [6, 6.07) is 4.69. The van der Waals surface area contributed by atoms with E-state index in [0.717, 1.165) is 16.0 Å². The average molecular weight is 329 g/mol. The Kier molecular flexibility index (Phi) is 3.61. The largest absolute Gasteiger partial charge is 0.308 e. The molecule has 0 radical (unpaired) electrons. The molecule has 0 bridgehead atoms. The van der Waals surface area contributed by atoms with Crippen LogP contribution in [0, 0.1) is 0 Å². The van der Waals surface area contributed by atoms with Gasteiger partial charge in [0.2, 0.25) is 0 Å². The van der Waals surface area contributed by atoms with Crippen molar-refractivity contribution >= 4 is 38.6 Å². The van der Waals surface area contributed by atoms with Crippen LogP contribution in [0.2, 0.25) is 0 Å². The number of thiophene rings is 1. The molecule has 0 aliphatic carbocycles. The van der Waals surface area contributed by atoms with Crippen LogP contribution in [0.4, 0.5) is 0 Å². The third-order valence-electron chi connectivity index (χ3n) is 2.96. The molecule has 1 N–H and O–H groups in total. The van der Waals surface area contributed by atoms with Crippen LogP contribution in [0.3, 0.4) is 0 Å². The molecule has 17 heavy (non-hydrogen) atoms. The fraction of sp³-hybridized carbons (Fsp3) is 0.417. The zero-order chi connectivity index (χ0) is 11.7. The summed E-state index contributed by atoms with van der Waals surface area (Å²) in [6.45, 7) is 1.13. The monoisotopic (exact) mass is 328 g/mol. The van der Waals surface area contributed by atoms with Crippen LogP contribution in [-0.2, 0) is 0 Å². The quantitative estimate of drug-likeness (QED) is 0.880. The molecule has 1 fully saturated rings. The van der Waals surface area contributed by atoms with Gasteiger partial charge in [0.05, 0.1) is 20.4 Å². The van der Waals surface area contributed by atoms with Crippen LogP contribution in [0.15, 0.2) is 21.3 Å². The van der Waals surface area contributed by atoms with Gasteiger partial charge in [0.25, 0.3) is 0 Å². The van der Waals surface area contributed by atoms with E-state index in [4.69, 9.17) is 4.98 Å². The van der Waals surface area contributed by atoms with Crippen LogP contribution in [0.5, 0.6) is 0 Å². The Morgan fingerprint density at radius 3 is 3.00 bits per heavy atom. The zero-order valence-electron chi connectivity index (χ0n) is 9.28. The molecule has 0 amide bonds. The maximum Gasteiger partial charge on any atom is 0.110 e. The maximum absolute atomic E-state index is 4.76. The van der Waals surface area contributed by atoms with Crippen molar-refractivity contribution in [1.29, 1.82) is 0 Å². The molecule has 0 saturated carbocycles. The van der Waals surface area contributed by atoms with Gasteiger partial charge in [0.15, 0.2) is 0 Å². The Hall–Kier alpha value is -0.230. The number of piperidine rings is 1. The van der Waals surface area contributed by atoms with E-state index in [-0.39, 0.29) is 0 Å². The molecular formula is C12H13BrN2S2. The zero-order valence-corrected chi connectivity index (χ0v) is 12.5. The summed E-state index contributed by atoms with van der Waals surface area (Å²) in [5.41, 5.74) is 1.12. The van der Waals surface area contributed by atoms with Crippen LogP contribution >= 0.6 is 38.6 Å². The SMILES string of the molecule is Brc1ccc(-c2csc(C3CCCCN3)n2)s1. The van der Waals surface area contributed by atoms with Gasteiger partial charge in [-0.2, -0.15) is 0 Å². The predicted octanol–water partition coefficient (Wildman–Crippen LogP) is 4.45. The lowest BCUT2D eigenvalue weighted by atomic mass is 10.1. The third-order valence-corrected chi connectivity index (χ3v) is 5.56. The lowest BCUT2D eigenvalue weighted by molar-refractivity contribution is 0.411. The van der Waals surface area contributed by atoms with Crippen molar-refractivity contribution in [2.24, 2.45) is 0 Å². The molecule has 1 saturated heterocycles. The second-order valence-electron chi connectivity index (χ2n) is 4.18. The smallest absolute Gasteiger partial charge is 0.110 e. The summed E-state index contributed by atoms with van der Waals surface area (Å²) in [4.78, 5) is 6.01. The number of nitrogens with one attached hydrogen (secondary N) is 1. The highest BCUT2D eigenvalue weighted by Gasteiger charge is 2.18. The number of nitrogens with zero attached hydrogens (tertiary/aromatic N) is 1. The highest BCUT2D eigenvalue weighted by atomic mass is 79.9. The van der Waals surface area contributed by atoms with Crippen LogP contribution in [-0.4, -0.2) is 11.5 Å². The van der Waals surface area contributed by atoms with Crippen molar-refractivity contribution < 1.29 is 0 Å².